The summed E-state index contributed by atoms with van der Waals surface area (Å²) in [6, 6.07) is 16.0. The van der Waals surface area contributed by atoms with Crippen molar-refractivity contribution in [2.24, 2.45) is 5.73 Å². The van der Waals surface area contributed by atoms with Crippen molar-refractivity contribution in [1.82, 2.24) is 25.0 Å². The maximum Gasteiger partial charge on any atom is 0.257 e. The average Bonchev–Trinajstić information content (AvgIpc) is 3.32. The molecule has 0 spiro atoms. The van der Waals surface area contributed by atoms with Gasteiger partial charge in [0.2, 0.25) is 5.88 Å². The van der Waals surface area contributed by atoms with Crippen LogP contribution in [0.3, 0.4) is 0 Å². The molecule has 0 radical (unpaired) electrons. The van der Waals surface area contributed by atoms with Crippen LogP contribution in [0.4, 0.5) is 4.39 Å². The zero-order valence-electron chi connectivity index (χ0n) is 27.8. The molecule has 0 bridgehead atoms. The Kier molecular flexibility index (Phi) is 12.4. The second-order valence-corrected chi connectivity index (χ2v) is 14.5. The van der Waals surface area contributed by atoms with Crippen molar-refractivity contribution in [2.75, 3.05) is 63.9 Å². The third-order valence-electron chi connectivity index (χ3n) is 9.70. The first-order valence-corrected chi connectivity index (χ1v) is 18.6. The number of hydrogen-bond donors (Lipinski definition) is 3. The van der Waals surface area contributed by atoms with Crippen molar-refractivity contribution in [3.8, 4) is 22.8 Å². The Labute approximate surface area is 288 Å². The number of aliphatic hydroxyl groups excluding tert-OH is 1. The molecule has 1 amide bonds. The van der Waals surface area contributed by atoms with Gasteiger partial charge < -0.3 is 20.9 Å². The molecule has 3 heterocycles. The molecular formula is C37H49FN6O3S. The van der Waals surface area contributed by atoms with Crippen LogP contribution in [-0.2, 0) is 13.1 Å². The standard InChI is InChI=1S/C37H49FN6O3S/c38-30-23-35(36(46)41-32-8-6-31(39)7-9-32)37(40-24-30)47-33-4-1-3-28(22-33)34-10-5-27(21-29(34)26-44-16-19-48-20-17-44)25-43-12-2-11-42(13-14-43)15-18-45/h1,3-5,10,21-24,31-32,45H,2,6-9,11-20,25-26,39H2,(H,41,46)/t31-,32-. The Balaban J connectivity index is 1.21. The van der Waals surface area contributed by atoms with E-state index in [0.717, 1.165) is 120 Å². The highest BCUT2D eigenvalue weighted by molar-refractivity contribution is 7.99. The first-order chi connectivity index (χ1) is 23.4. The highest BCUT2D eigenvalue weighted by atomic mass is 32.2. The van der Waals surface area contributed by atoms with E-state index in [1.54, 1.807) is 0 Å². The van der Waals surface area contributed by atoms with Gasteiger partial charge in [0.15, 0.2) is 0 Å². The van der Waals surface area contributed by atoms with Crippen LogP contribution in [0.2, 0.25) is 0 Å². The van der Waals surface area contributed by atoms with Gasteiger partial charge in [-0.3, -0.25) is 19.5 Å². The topological polar surface area (TPSA) is 107 Å². The third-order valence-corrected chi connectivity index (χ3v) is 10.6. The van der Waals surface area contributed by atoms with Gasteiger partial charge in [0, 0.05) is 69.4 Å². The summed E-state index contributed by atoms with van der Waals surface area (Å²) in [5, 5.41) is 12.4. The predicted molar refractivity (Wildman–Crippen MR) is 190 cm³/mol. The molecule has 258 valence electrons. The highest BCUT2D eigenvalue weighted by Crippen LogP contribution is 2.32. The number of β-amino-alcohol motifs (C(OH)–C–C–N with tert-alkyl or cyclic N) is 1. The molecule has 3 fully saturated rings. The second kappa shape index (κ2) is 17.0. The Morgan fingerprint density at radius 3 is 2.54 bits per heavy atom. The fourth-order valence-electron chi connectivity index (χ4n) is 7.00. The van der Waals surface area contributed by atoms with E-state index in [9.17, 15) is 14.3 Å². The van der Waals surface area contributed by atoms with Gasteiger partial charge in [0.1, 0.15) is 17.1 Å². The highest BCUT2D eigenvalue weighted by Gasteiger charge is 2.24. The predicted octanol–water partition coefficient (Wildman–Crippen LogP) is 4.73. The van der Waals surface area contributed by atoms with Crippen molar-refractivity contribution >= 4 is 17.7 Å². The maximum absolute atomic E-state index is 14.3. The molecule has 1 saturated carbocycles. The SMILES string of the molecule is N[C@H]1CC[C@H](NC(=O)c2cc(F)cnc2Oc2cccc(-c3ccc(CN4CCCN(CCO)CC4)cc3CN3CCSCC3)c2)CC1. The number of hydrogen-bond acceptors (Lipinski definition) is 9. The Bertz CT molecular complexity index is 1510. The molecule has 48 heavy (non-hydrogen) atoms. The minimum absolute atomic E-state index is 0.00282. The first kappa shape index (κ1) is 34.8. The van der Waals surface area contributed by atoms with Crippen molar-refractivity contribution in [2.45, 2.75) is 57.3 Å². The van der Waals surface area contributed by atoms with Gasteiger partial charge in [-0.25, -0.2) is 9.37 Å². The minimum Gasteiger partial charge on any atom is -0.438 e. The van der Waals surface area contributed by atoms with E-state index in [1.165, 1.54) is 17.2 Å². The van der Waals surface area contributed by atoms with Gasteiger partial charge in [0.25, 0.3) is 5.91 Å². The van der Waals surface area contributed by atoms with Crippen LogP contribution < -0.4 is 15.8 Å². The van der Waals surface area contributed by atoms with Crippen LogP contribution in [0.15, 0.2) is 54.7 Å². The van der Waals surface area contributed by atoms with E-state index in [2.05, 4.69) is 49.3 Å². The number of thioether (sulfide) groups is 1. The smallest absolute Gasteiger partial charge is 0.257 e. The van der Waals surface area contributed by atoms with E-state index in [1.807, 2.05) is 30.0 Å². The first-order valence-electron chi connectivity index (χ1n) is 17.4. The molecule has 2 saturated heterocycles. The normalized spacial score (nSPS) is 21.5. The average molecular weight is 677 g/mol. The lowest BCUT2D eigenvalue weighted by Crippen LogP contribution is -2.40. The number of ether oxygens (including phenoxy) is 1. The summed E-state index contributed by atoms with van der Waals surface area (Å²) in [5.41, 5.74) is 10.9. The van der Waals surface area contributed by atoms with Crippen LogP contribution in [0.5, 0.6) is 11.6 Å². The Hall–Kier alpha value is -3.06. The van der Waals surface area contributed by atoms with Crippen molar-refractivity contribution in [1.29, 1.82) is 0 Å². The zero-order valence-corrected chi connectivity index (χ0v) is 28.6. The number of rotatable bonds is 11. The van der Waals surface area contributed by atoms with Gasteiger partial charge in [0.05, 0.1) is 12.8 Å². The van der Waals surface area contributed by atoms with Crippen molar-refractivity contribution in [3.63, 3.8) is 0 Å². The quantitative estimate of drug-likeness (QED) is 0.266. The van der Waals surface area contributed by atoms with Gasteiger partial charge in [-0.05, 0) is 85.6 Å². The number of carbonyl (C=O) groups excluding carboxylic acids is 1. The molecule has 3 aliphatic rings. The van der Waals surface area contributed by atoms with Crippen LogP contribution in [0.1, 0.15) is 53.6 Å². The summed E-state index contributed by atoms with van der Waals surface area (Å²) in [6.07, 6.45) is 5.48. The fraction of sp³-hybridized carbons (Fsp3) is 0.514. The number of aromatic nitrogens is 1. The zero-order chi connectivity index (χ0) is 33.3. The molecule has 3 aromatic rings. The lowest BCUT2D eigenvalue weighted by atomic mass is 9.91. The van der Waals surface area contributed by atoms with Crippen LogP contribution in [0.25, 0.3) is 11.1 Å². The van der Waals surface area contributed by atoms with E-state index in [-0.39, 0.29) is 30.1 Å². The summed E-state index contributed by atoms with van der Waals surface area (Å²) in [4.78, 5) is 24.9. The van der Waals surface area contributed by atoms with Crippen LogP contribution in [-0.4, -0.2) is 107 Å². The molecule has 9 nitrogen and oxygen atoms in total. The van der Waals surface area contributed by atoms with E-state index in [0.29, 0.717) is 5.75 Å². The summed E-state index contributed by atoms with van der Waals surface area (Å²) < 4.78 is 20.5. The summed E-state index contributed by atoms with van der Waals surface area (Å²) >= 11 is 2.01. The number of halogens is 1. The fourth-order valence-corrected chi connectivity index (χ4v) is 7.98. The second-order valence-electron chi connectivity index (χ2n) is 13.3. The molecule has 1 aromatic heterocycles. The monoisotopic (exact) mass is 676 g/mol. The molecule has 6 rings (SSSR count). The third kappa shape index (κ3) is 9.55. The van der Waals surface area contributed by atoms with Gasteiger partial charge in [-0.1, -0.05) is 30.3 Å². The van der Waals surface area contributed by atoms with E-state index in [4.69, 9.17) is 10.5 Å². The number of carbonyl (C=O) groups is 1. The number of aliphatic hydroxyl groups is 1. The largest absolute Gasteiger partial charge is 0.438 e. The van der Waals surface area contributed by atoms with Gasteiger partial charge in [-0.2, -0.15) is 11.8 Å². The lowest BCUT2D eigenvalue weighted by molar-refractivity contribution is 0.0922. The van der Waals surface area contributed by atoms with Crippen LogP contribution in [0, 0.1) is 5.82 Å². The van der Waals surface area contributed by atoms with Gasteiger partial charge in [-0.15, -0.1) is 0 Å². The molecule has 11 heteroatoms. The number of nitrogens with one attached hydrogen (secondary N) is 1. The van der Waals surface area contributed by atoms with E-state index >= 15 is 0 Å². The maximum atomic E-state index is 14.3. The van der Waals surface area contributed by atoms with Gasteiger partial charge >= 0.3 is 0 Å². The number of amides is 1. The summed E-state index contributed by atoms with van der Waals surface area (Å²) in [7, 11) is 0. The molecule has 0 unspecified atom stereocenters. The molecule has 0 atom stereocenters. The molecule has 2 aromatic carbocycles. The number of nitrogens with zero attached hydrogens (tertiary/aromatic N) is 4. The summed E-state index contributed by atoms with van der Waals surface area (Å²) in [5.74, 6) is 1.92. The van der Waals surface area contributed by atoms with Crippen molar-refractivity contribution in [3.05, 3.63) is 77.2 Å². The lowest BCUT2D eigenvalue weighted by Gasteiger charge is -2.28. The number of nitrogens with two attached hydrogens (primary N) is 1. The number of benzene rings is 2. The summed E-state index contributed by atoms with van der Waals surface area (Å²) in [6.45, 7) is 8.90. The van der Waals surface area contributed by atoms with Crippen molar-refractivity contribution < 1.29 is 19.0 Å². The molecule has 2 aliphatic heterocycles. The Morgan fingerprint density at radius 2 is 1.73 bits per heavy atom. The van der Waals surface area contributed by atoms with Crippen LogP contribution >= 0.6 is 11.8 Å². The molecule has 1 aliphatic carbocycles. The molecule has 4 N–H and O–H groups in total. The molecular weight excluding hydrogens is 628 g/mol. The Morgan fingerprint density at radius 1 is 0.958 bits per heavy atom. The van der Waals surface area contributed by atoms with E-state index < -0.39 is 11.7 Å². The minimum atomic E-state index is -0.588. The number of pyridine rings is 1.